The molecule has 0 radical (unpaired) electrons. The molecular formula is C29H31N3O3S. The third-order valence-electron chi connectivity index (χ3n) is 5.73. The number of rotatable bonds is 10. The highest BCUT2D eigenvalue weighted by atomic mass is 32.2. The Morgan fingerprint density at radius 3 is 2.33 bits per heavy atom. The van der Waals surface area contributed by atoms with Gasteiger partial charge in [-0.1, -0.05) is 74.3 Å². The Kier molecular flexibility index (Phi) is 9.16. The van der Waals surface area contributed by atoms with E-state index < -0.39 is 5.25 Å². The normalized spacial score (nSPS) is 15.9. The minimum Gasteiger partial charge on any atom is -0.494 e. The highest BCUT2D eigenvalue weighted by molar-refractivity contribution is 8.15. The van der Waals surface area contributed by atoms with E-state index in [0.29, 0.717) is 17.5 Å². The number of imide groups is 1. The van der Waals surface area contributed by atoms with Crippen molar-refractivity contribution in [2.24, 2.45) is 4.99 Å². The molecule has 1 saturated heterocycles. The van der Waals surface area contributed by atoms with Crippen LogP contribution in [0, 0.1) is 0 Å². The van der Waals surface area contributed by atoms with Crippen molar-refractivity contribution in [3.05, 3.63) is 84.9 Å². The summed E-state index contributed by atoms with van der Waals surface area (Å²) in [7, 11) is 0. The summed E-state index contributed by atoms with van der Waals surface area (Å²) in [5.41, 5.74) is 2.19. The van der Waals surface area contributed by atoms with Gasteiger partial charge in [0.2, 0.25) is 11.8 Å². The molecule has 0 spiro atoms. The van der Waals surface area contributed by atoms with Gasteiger partial charge in [0, 0.05) is 12.1 Å². The van der Waals surface area contributed by atoms with E-state index in [1.165, 1.54) is 29.5 Å². The Balaban J connectivity index is 1.44. The van der Waals surface area contributed by atoms with Crippen molar-refractivity contribution in [2.45, 2.75) is 44.3 Å². The summed E-state index contributed by atoms with van der Waals surface area (Å²) in [5, 5.41) is 3.30. The van der Waals surface area contributed by atoms with Crippen LogP contribution in [0.25, 0.3) is 0 Å². The van der Waals surface area contributed by atoms with Crippen LogP contribution in [0.1, 0.15) is 39.0 Å². The summed E-state index contributed by atoms with van der Waals surface area (Å²) in [5.74, 6) is 0.281. The number of unbranched alkanes of at least 4 members (excludes halogenated alkanes) is 3. The molecule has 1 aliphatic rings. The molecule has 6 nitrogen and oxygen atoms in total. The molecule has 1 aliphatic heterocycles. The number of anilines is 2. The van der Waals surface area contributed by atoms with E-state index >= 15 is 0 Å². The number of para-hydroxylation sites is 2. The minimum atomic E-state index is -0.564. The molecule has 1 fully saturated rings. The van der Waals surface area contributed by atoms with Gasteiger partial charge in [-0.3, -0.25) is 9.59 Å². The molecule has 0 saturated carbocycles. The van der Waals surface area contributed by atoms with Gasteiger partial charge in [-0.15, -0.1) is 0 Å². The third kappa shape index (κ3) is 6.98. The van der Waals surface area contributed by atoms with Crippen molar-refractivity contribution >= 4 is 45.8 Å². The van der Waals surface area contributed by atoms with E-state index in [1.807, 2.05) is 72.8 Å². The van der Waals surface area contributed by atoms with Crippen LogP contribution in [-0.4, -0.2) is 28.8 Å². The van der Waals surface area contributed by atoms with Gasteiger partial charge >= 0.3 is 0 Å². The number of amidine groups is 1. The largest absolute Gasteiger partial charge is 0.494 e. The number of nitrogens with one attached hydrogen (secondary N) is 1. The van der Waals surface area contributed by atoms with Crippen LogP contribution in [0.3, 0.4) is 0 Å². The standard InChI is InChI=1S/C29H31N3O3S/c1-2-3-4-11-20-35-25-18-16-24(17-19-25)32-27(33)21-26(28(32)34)36-29(30-22-12-7-5-8-13-22)31-23-14-9-6-10-15-23/h5-10,12-19,26H,2-4,11,20-21H2,1H3,(H,30,31). The van der Waals surface area contributed by atoms with Gasteiger partial charge in [0.05, 0.1) is 18.0 Å². The van der Waals surface area contributed by atoms with E-state index in [1.54, 1.807) is 12.1 Å². The average molecular weight is 502 g/mol. The first-order chi connectivity index (χ1) is 17.6. The van der Waals surface area contributed by atoms with Crippen molar-refractivity contribution in [1.29, 1.82) is 0 Å². The number of benzene rings is 3. The van der Waals surface area contributed by atoms with Crippen molar-refractivity contribution in [3.8, 4) is 5.75 Å². The zero-order chi connectivity index (χ0) is 25.2. The first-order valence-electron chi connectivity index (χ1n) is 12.4. The molecule has 3 aromatic rings. The molecule has 0 aromatic heterocycles. The van der Waals surface area contributed by atoms with E-state index in [9.17, 15) is 9.59 Å². The highest BCUT2D eigenvalue weighted by Gasteiger charge is 2.40. The molecule has 3 aromatic carbocycles. The van der Waals surface area contributed by atoms with Crippen molar-refractivity contribution in [1.82, 2.24) is 0 Å². The average Bonchev–Trinajstić information content (AvgIpc) is 3.18. The molecular weight excluding hydrogens is 470 g/mol. The first-order valence-corrected chi connectivity index (χ1v) is 13.2. The number of carbonyl (C=O) groups is 2. The number of carbonyl (C=O) groups excluding carboxylic acids is 2. The second-order valence-electron chi connectivity index (χ2n) is 8.52. The van der Waals surface area contributed by atoms with Gasteiger partial charge < -0.3 is 10.1 Å². The number of nitrogens with zero attached hydrogens (tertiary/aromatic N) is 2. The third-order valence-corrected chi connectivity index (χ3v) is 6.80. The number of hydrogen-bond acceptors (Lipinski definition) is 5. The Bertz CT molecular complexity index is 1170. The summed E-state index contributed by atoms with van der Waals surface area (Å²) in [4.78, 5) is 32.1. The van der Waals surface area contributed by atoms with Gasteiger partial charge in [0.25, 0.3) is 0 Å². The lowest BCUT2D eigenvalue weighted by Crippen LogP contribution is -2.31. The number of thioether (sulfide) groups is 1. The van der Waals surface area contributed by atoms with Crippen LogP contribution < -0.4 is 15.0 Å². The van der Waals surface area contributed by atoms with Gasteiger partial charge in [0.15, 0.2) is 5.17 Å². The second-order valence-corrected chi connectivity index (χ2v) is 9.72. The Morgan fingerprint density at radius 1 is 0.944 bits per heavy atom. The Labute approximate surface area is 216 Å². The quantitative estimate of drug-likeness (QED) is 0.143. The van der Waals surface area contributed by atoms with Crippen LogP contribution in [0.5, 0.6) is 5.75 Å². The van der Waals surface area contributed by atoms with Crippen LogP contribution >= 0.6 is 11.8 Å². The SMILES string of the molecule is CCCCCCOc1ccc(N2C(=O)CC(SC(=Nc3ccccc3)Nc3ccccc3)C2=O)cc1. The molecule has 186 valence electrons. The van der Waals surface area contributed by atoms with Gasteiger partial charge in [-0.2, -0.15) is 0 Å². The number of hydrogen-bond donors (Lipinski definition) is 1. The lowest BCUT2D eigenvalue weighted by molar-refractivity contribution is -0.121. The fourth-order valence-electron chi connectivity index (χ4n) is 3.86. The number of amides is 2. The molecule has 1 atom stereocenters. The van der Waals surface area contributed by atoms with Gasteiger partial charge in [-0.25, -0.2) is 9.89 Å². The second kappa shape index (κ2) is 12.9. The lowest BCUT2D eigenvalue weighted by atomic mass is 10.2. The maximum Gasteiger partial charge on any atom is 0.247 e. The zero-order valence-electron chi connectivity index (χ0n) is 20.4. The van der Waals surface area contributed by atoms with Gasteiger partial charge in [0.1, 0.15) is 11.0 Å². The summed E-state index contributed by atoms with van der Waals surface area (Å²) in [6, 6.07) is 26.4. The molecule has 2 amide bonds. The monoisotopic (exact) mass is 501 g/mol. The molecule has 4 rings (SSSR count). The highest BCUT2D eigenvalue weighted by Crippen LogP contribution is 2.32. The maximum absolute atomic E-state index is 13.3. The van der Waals surface area contributed by atoms with E-state index in [4.69, 9.17) is 9.73 Å². The van der Waals surface area contributed by atoms with Crippen molar-refractivity contribution < 1.29 is 14.3 Å². The topological polar surface area (TPSA) is 71.0 Å². The fourth-order valence-corrected chi connectivity index (χ4v) is 4.90. The number of ether oxygens (including phenoxy) is 1. The molecule has 36 heavy (non-hydrogen) atoms. The molecule has 1 unspecified atom stereocenters. The lowest BCUT2D eigenvalue weighted by Gasteiger charge is -2.16. The summed E-state index contributed by atoms with van der Waals surface area (Å²) in [6.45, 7) is 2.85. The predicted octanol–water partition coefficient (Wildman–Crippen LogP) is 6.81. The molecule has 0 aliphatic carbocycles. The summed E-state index contributed by atoms with van der Waals surface area (Å²) < 4.78 is 5.79. The van der Waals surface area contributed by atoms with Crippen LogP contribution in [0.15, 0.2) is 89.9 Å². The molecule has 0 bridgehead atoms. The smallest absolute Gasteiger partial charge is 0.247 e. The zero-order valence-corrected chi connectivity index (χ0v) is 21.2. The summed E-state index contributed by atoms with van der Waals surface area (Å²) >= 11 is 1.28. The molecule has 1 heterocycles. The molecule has 1 N–H and O–H groups in total. The number of aliphatic imine (C=N–C) groups is 1. The molecule has 7 heteroatoms. The fraction of sp³-hybridized carbons (Fsp3) is 0.276. The summed E-state index contributed by atoms with van der Waals surface area (Å²) in [6.07, 6.45) is 4.68. The van der Waals surface area contributed by atoms with Crippen molar-refractivity contribution in [2.75, 3.05) is 16.8 Å². The Hall–Kier alpha value is -3.58. The maximum atomic E-state index is 13.3. The van der Waals surface area contributed by atoms with Gasteiger partial charge in [-0.05, 0) is 55.0 Å². The Morgan fingerprint density at radius 2 is 1.64 bits per heavy atom. The first kappa shape index (κ1) is 25.5. The van der Waals surface area contributed by atoms with Crippen LogP contribution in [0.2, 0.25) is 0 Å². The van der Waals surface area contributed by atoms with E-state index in [2.05, 4.69) is 12.2 Å². The predicted molar refractivity (Wildman–Crippen MR) is 148 cm³/mol. The van der Waals surface area contributed by atoms with E-state index in [0.717, 1.165) is 30.0 Å². The minimum absolute atomic E-state index is 0.115. The van der Waals surface area contributed by atoms with Crippen LogP contribution in [0.4, 0.5) is 17.1 Å². The van der Waals surface area contributed by atoms with E-state index in [-0.39, 0.29) is 18.2 Å². The van der Waals surface area contributed by atoms with Crippen molar-refractivity contribution in [3.63, 3.8) is 0 Å². The van der Waals surface area contributed by atoms with Crippen LogP contribution in [-0.2, 0) is 9.59 Å².